The molecule has 1 atom stereocenters. The predicted octanol–water partition coefficient (Wildman–Crippen LogP) is 2.89. The van der Waals surface area contributed by atoms with Crippen LogP contribution in [0.3, 0.4) is 0 Å². The van der Waals surface area contributed by atoms with Gasteiger partial charge < -0.3 is 9.90 Å². The van der Waals surface area contributed by atoms with Crippen LogP contribution in [0.15, 0.2) is 0 Å². The fourth-order valence-electron chi connectivity index (χ4n) is 1.00. The van der Waals surface area contributed by atoms with Crippen molar-refractivity contribution in [1.29, 1.82) is 0 Å². The fraction of sp³-hybridized carbons (Fsp3) is 0.917. The Kier molecular flexibility index (Phi) is 8.03. The van der Waals surface area contributed by atoms with Crippen molar-refractivity contribution in [3.8, 4) is 0 Å². The molecular weight excluding hydrogens is 176 g/mol. The minimum atomic E-state index is -0.183. The van der Waals surface area contributed by atoms with Gasteiger partial charge in [-0.2, -0.15) is 0 Å². The van der Waals surface area contributed by atoms with E-state index in [0.29, 0.717) is 5.92 Å². The molecule has 0 rings (SSSR count). The van der Waals surface area contributed by atoms with Crippen molar-refractivity contribution in [1.82, 2.24) is 0 Å². The Morgan fingerprint density at radius 1 is 1.07 bits per heavy atom. The third-order valence-corrected chi connectivity index (χ3v) is 1.79. The van der Waals surface area contributed by atoms with Gasteiger partial charge in [-0.1, -0.05) is 48.5 Å². The first-order valence-corrected chi connectivity index (χ1v) is 5.26. The zero-order valence-electron chi connectivity index (χ0n) is 10.7. The van der Waals surface area contributed by atoms with Gasteiger partial charge in [0.25, 0.3) is 0 Å². The van der Waals surface area contributed by atoms with Crippen molar-refractivity contribution < 1.29 is 9.90 Å². The predicted molar refractivity (Wildman–Crippen MR) is 61.2 cm³/mol. The Morgan fingerprint density at radius 2 is 1.36 bits per heavy atom. The van der Waals surface area contributed by atoms with E-state index in [0.717, 1.165) is 6.29 Å². The normalized spacial score (nSPS) is 13.6. The van der Waals surface area contributed by atoms with Crippen molar-refractivity contribution in [3.05, 3.63) is 0 Å². The minimum absolute atomic E-state index is 0.0359. The third-order valence-electron chi connectivity index (χ3n) is 1.79. The molecule has 0 bridgehead atoms. The molecule has 0 spiro atoms. The van der Waals surface area contributed by atoms with E-state index in [1.54, 1.807) is 0 Å². The first kappa shape index (κ1) is 16.1. The summed E-state index contributed by atoms with van der Waals surface area (Å²) in [5.74, 6) is 0.569. The van der Waals surface area contributed by atoms with Gasteiger partial charge in [0.1, 0.15) is 6.29 Å². The number of aliphatic hydroxyl groups is 1. The molecule has 1 unspecified atom stereocenters. The van der Waals surface area contributed by atoms with Crippen LogP contribution in [-0.4, -0.2) is 17.5 Å². The van der Waals surface area contributed by atoms with E-state index in [-0.39, 0.29) is 17.4 Å². The topological polar surface area (TPSA) is 37.3 Å². The molecule has 86 valence electrons. The summed E-state index contributed by atoms with van der Waals surface area (Å²) in [5.41, 5.74) is 0.0359. The highest BCUT2D eigenvalue weighted by Gasteiger charge is 2.24. The number of hydrogen-bond acceptors (Lipinski definition) is 2. The maximum Gasteiger partial charge on any atom is 0.122 e. The van der Waals surface area contributed by atoms with Gasteiger partial charge in [0, 0.05) is 5.92 Å². The molecule has 2 nitrogen and oxygen atoms in total. The monoisotopic (exact) mass is 202 g/mol. The van der Waals surface area contributed by atoms with E-state index >= 15 is 0 Å². The molecule has 0 saturated heterocycles. The van der Waals surface area contributed by atoms with Crippen molar-refractivity contribution in [2.45, 2.75) is 54.6 Å². The van der Waals surface area contributed by atoms with Crippen molar-refractivity contribution in [3.63, 3.8) is 0 Å². The molecule has 0 radical (unpaired) electrons. The van der Waals surface area contributed by atoms with E-state index < -0.39 is 0 Å². The molecule has 0 aromatic rings. The third kappa shape index (κ3) is 9.72. The van der Waals surface area contributed by atoms with Crippen LogP contribution in [-0.2, 0) is 4.79 Å². The lowest BCUT2D eigenvalue weighted by Crippen LogP contribution is -2.30. The van der Waals surface area contributed by atoms with Gasteiger partial charge in [-0.3, -0.25) is 0 Å². The lowest BCUT2D eigenvalue weighted by atomic mass is 9.83. The van der Waals surface area contributed by atoms with Crippen LogP contribution in [0.2, 0.25) is 0 Å². The molecule has 0 aromatic heterocycles. The fourth-order valence-corrected chi connectivity index (χ4v) is 1.00. The van der Waals surface area contributed by atoms with E-state index in [2.05, 4.69) is 20.8 Å². The maximum atomic E-state index is 9.50. The molecule has 14 heavy (non-hydrogen) atoms. The van der Waals surface area contributed by atoms with E-state index in [1.807, 2.05) is 27.7 Å². The first-order chi connectivity index (χ1) is 6.12. The summed E-state index contributed by atoms with van der Waals surface area (Å²) in [6.07, 6.45) is 0.734. The summed E-state index contributed by atoms with van der Waals surface area (Å²) < 4.78 is 0. The van der Waals surface area contributed by atoms with Gasteiger partial charge >= 0.3 is 0 Å². The SMILES string of the molecule is CC(C)C(O)C(C)(C)C.CC(C)C=O. The smallest absolute Gasteiger partial charge is 0.122 e. The quantitative estimate of drug-likeness (QED) is 0.699. The largest absolute Gasteiger partial charge is 0.392 e. The Hall–Kier alpha value is -0.370. The van der Waals surface area contributed by atoms with E-state index in [9.17, 15) is 9.90 Å². The zero-order valence-corrected chi connectivity index (χ0v) is 10.7. The number of carbonyl (C=O) groups excluding carboxylic acids is 1. The van der Waals surface area contributed by atoms with Crippen LogP contribution in [0.25, 0.3) is 0 Å². The molecule has 0 aliphatic heterocycles. The average Bonchev–Trinajstić information content (AvgIpc) is 2.02. The standard InChI is InChI=1S/C8H18O.C4H8O/c1-6(2)7(9)8(3,4)5;1-4(2)3-5/h6-7,9H,1-5H3;3-4H,1-2H3. The van der Waals surface area contributed by atoms with Crippen LogP contribution < -0.4 is 0 Å². The Labute approximate surface area is 88.7 Å². The Bertz CT molecular complexity index is 143. The van der Waals surface area contributed by atoms with Gasteiger partial charge in [0.2, 0.25) is 0 Å². The molecule has 0 amide bonds. The van der Waals surface area contributed by atoms with Crippen LogP contribution in [0.5, 0.6) is 0 Å². The zero-order chi connectivity index (χ0) is 11.9. The molecule has 0 aliphatic rings. The van der Waals surface area contributed by atoms with Crippen LogP contribution >= 0.6 is 0 Å². The molecule has 0 aromatic carbocycles. The number of aliphatic hydroxyl groups excluding tert-OH is 1. The van der Waals surface area contributed by atoms with Crippen LogP contribution in [0.1, 0.15) is 48.5 Å². The maximum absolute atomic E-state index is 9.50. The van der Waals surface area contributed by atoms with E-state index in [4.69, 9.17) is 0 Å². The first-order valence-electron chi connectivity index (χ1n) is 5.26. The van der Waals surface area contributed by atoms with Gasteiger partial charge in [-0.15, -0.1) is 0 Å². The lowest BCUT2D eigenvalue weighted by molar-refractivity contribution is -0.110. The Balaban J connectivity index is 0. The molecule has 1 N–H and O–H groups in total. The summed E-state index contributed by atoms with van der Waals surface area (Å²) in [7, 11) is 0. The summed E-state index contributed by atoms with van der Waals surface area (Å²) in [6.45, 7) is 13.9. The lowest BCUT2D eigenvalue weighted by Gasteiger charge is -2.28. The van der Waals surface area contributed by atoms with Gasteiger partial charge in [-0.05, 0) is 11.3 Å². The second kappa shape index (κ2) is 6.99. The second-order valence-corrected chi connectivity index (χ2v) is 5.43. The second-order valence-electron chi connectivity index (χ2n) is 5.43. The van der Waals surface area contributed by atoms with Crippen molar-refractivity contribution in [2.75, 3.05) is 0 Å². The molecule has 0 saturated carbocycles. The highest BCUT2D eigenvalue weighted by molar-refractivity contribution is 5.51. The van der Waals surface area contributed by atoms with Gasteiger partial charge in [0.05, 0.1) is 6.10 Å². The average molecular weight is 202 g/mol. The highest BCUT2D eigenvalue weighted by atomic mass is 16.3. The van der Waals surface area contributed by atoms with Crippen LogP contribution in [0, 0.1) is 17.3 Å². The molecule has 0 aliphatic carbocycles. The summed E-state index contributed by atoms with van der Waals surface area (Å²) in [6, 6.07) is 0. The molecule has 0 fully saturated rings. The summed E-state index contributed by atoms with van der Waals surface area (Å²) in [4.78, 5) is 9.50. The van der Waals surface area contributed by atoms with Crippen LogP contribution in [0.4, 0.5) is 0 Å². The number of hydrogen-bond donors (Lipinski definition) is 1. The molecule has 0 heterocycles. The summed E-state index contributed by atoms with van der Waals surface area (Å²) in [5, 5.41) is 9.46. The molecule has 2 heteroatoms. The van der Waals surface area contributed by atoms with E-state index in [1.165, 1.54) is 0 Å². The number of carbonyl (C=O) groups is 1. The number of rotatable bonds is 2. The van der Waals surface area contributed by atoms with Gasteiger partial charge in [-0.25, -0.2) is 0 Å². The van der Waals surface area contributed by atoms with Crippen molar-refractivity contribution in [2.24, 2.45) is 17.3 Å². The minimum Gasteiger partial charge on any atom is -0.392 e. The van der Waals surface area contributed by atoms with Crippen molar-refractivity contribution >= 4 is 6.29 Å². The Morgan fingerprint density at radius 3 is 1.36 bits per heavy atom. The molecular formula is C12H26O2. The van der Waals surface area contributed by atoms with Gasteiger partial charge in [0.15, 0.2) is 0 Å². The summed E-state index contributed by atoms with van der Waals surface area (Å²) >= 11 is 0. The highest BCUT2D eigenvalue weighted by Crippen LogP contribution is 2.24. The number of aldehydes is 1.